The number of nitrogens with zero attached hydrogens (tertiary/aromatic N) is 1. The van der Waals surface area contributed by atoms with Crippen molar-refractivity contribution in [1.82, 2.24) is 15.5 Å². The highest BCUT2D eigenvalue weighted by Crippen LogP contribution is 1.84. The third kappa shape index (κ3) is 8.39. The van der Waals surface area contributed by atoms with Gasteiger partial charge < -0.3 is 15.5 Å². The van der Waals surface area contributed by atoms with Gasteiger partial charge in [-0.15, -0.1) is 0 Å². The molecule has 2 N–H and O–H groups in total. The Hall–Kier alpha value is -0.610. The molecule has 0 saturated heterocycles. The van der Waals surface area contributed by atoms with Gasteiger partial charge in [-0.1, -0.05) is 27.7 Å². The van der Waals surface area contributed by atoms with Crippen molar-refractivity contribution in [3.8, 4) is 0 Å². The Balaban J connectivity index is 3.46. The van der Waals surface area contributed by atoms with Crippen LogP contribution >= 0.6 is 0 Å². The zero-order valence-corrected chi connectivity index (χ0v) is 10.5. The highest BCUT2D eigenvalue weighted by Gasteiger charge is 2.02. The average Bonchev–Trinajstić information content (AvgIpc) is 2.21. The molecule has 0 aromatic rings. The van der Waals surface area contributed by atoms with Crippen LogP contribution in [0.15, 0.2) is 0 Å². The molecule has 0 fully saturated rings. The Morgan fingerprint density at radius 1 is 1.27 bits per heavy atom. The molecular weight excluding hydrogens is 190 g/mol. The van der Waals surface area contributed by atoms with Gasteiger partial charge in [-0.3, -0.25) is 4.79 Å². The molecule has 90 valence electrons. The maximum atomic E-state index is 11.3. The summed E-state index contributed by atoms with van der Waals surface area (Å²) in [6.07, 6.45) is 0. The smallest absolute Gasteiger partial charge is 0.234 e. The van der Waals surface area contributed by atoms with E-state index in [0.29, 0.717) is 12.6 Å². The largest absolute Gasteiger partial charge is 0.354 e. The molecule has 0 rings (SSSR count). The molecule has 0 aliphatic carbocycles. The van der Waals surface area contributed by atoms with E-state index >= 15 is 0 Å². The summed E-state index contributed by atoms with van der Waals surface area (Å²) in [5.41, 5.74) is 0. The lowest BCUT2D eigenvalue weighted by molar-refractivity contribution is -0.120. The van der Waals surface area contributed by atoms with Gasteiger partial charge in [0, 0.05) is 19.1 Å². The summed E-state index contributed by atoms with van der Waals surface area (Å²) in [6, 6.07) is 0.360. The Labute approximate surface area is 93.4 Å². The molecule has 0 aliphatic rings. The summed E-state index contributed by atoms with van der Waals surface area (Å²) < 4.78 is 0. The predicted octanol–water partition coefficient (Wildman–Crippen LogP) is 0.442. The third-order valence-electron chi connectivity index (χ3n) is 2.32. The molecule has 0 heterocycles. The van der Waals surface area contributed by atoms with Crippen molar-refractivity contribution in [1.29, 1.82) is 0 Å². The minimum atomic E-state index is 0.0795. The SMILES string of the molecule is CCN(CC)CCNC(=O)CNC(C)C. The fourth-order valence-corrected chi connectivity index (χ4v) is 1.25. The fourth-order valence-electron chi connectivity index (χ4n) is 1.25. The minimum absolute atomic E-state index is 0.0795. The molecule has 15 heavy (non-hydrogen) atoms. The van der Waals surface area contributed by atoms with Crippen LogP contribution in [0.4, 0.5) is 0 Å². The van der Waals surface area contributed by atoms with Gasteiger partial charge in [0.1, 0.15) is 0 Å². The van der Waals surface area contributed by atoms with E-state index in [9.17, 15) is 4.79 Å². The van der Waals surface area contributed by atoms with Crippen LogP contribution < -0.4 is 10.6 Å². The monoisotopic (exact) mass is 215 g/mol. The van der Waals surface area contributed by atoms with Crippen molar-refractivity contribution in [3.05, 3.63) is 0 Å². The molecular formula is C11H25N3O. The van der Waals surface area contributed by atoms with Gasteiger partial charge in [-0.25, -0.2) is 0 Å². The lowest BCUT2D eigenvalue weighted by Crippen LogP contribution is -2.40. The van der Waals surface area contributed by atoms with Crippen molar-refractivity contribution in [2.75, 3.05) is 32.7 Å². The topological polar surface area (TPSA) is 44.4 Å². The van der Waals surface area contributed by atoms with E-state index in [1.165, 1.54) is 0 Å². The summed E-state index contributed by atoms with van der Waals surface area (Å²) in [5.74, 6) is 0.0795. The molecule has 0 aromatic carbocycles. The molecule has 0 atom stereocenters. The summed E-state index contributed by atoms with van der Waals surface area (Å²) >= 11 is 0. The van der Waals surface area contributed by atoms with Crippen LogP contribution in [0.5, 0.6) is 0 Å². The highest BCUT2D eigenvalue weighted by atomic mass is 16.1. The maximum Gasteiger partial charge on any atom is 0.234 e. The Morgan fingerprint density at radius 3 is 2.33 bits per heavy atom. The number of carbonyl (C=O) groups is 1. The molecule has 0 radical (unpaired) electrons. The molecule has 0 saturated carbocycles. The third-order valence-corrected chi connectivity index (χ3v) is 2.32. The number of nitrogens with one attached hydrogen (secondary N) is 2. The first-order valence-corrected chi connectivity index (χ1v) is 5.82. The number of rotatable bonds is 8. The van der Waals surface area contributed by atoms with Gasteiger partial charge in [-0.05, 0) is 13.1 Å². The van der Waals surface area contributed by atoms with Crippen LogP contribution in [0.3, 0.4) is 0 Å². The van der Waals surface area contributed by atoms with Crippen molar-refractivity contribution in [2.24, 2.45) is 0 Å². The highest BCUT2D eigenvalue weighted by molar-refractivity contribution is 5.77. The molecule has 4 heteroatoms. The Kier molecular flexibility index (Phi) is 8.33. The van der Waals surface area contributed by atoms with Gasteiger partial charge in [0.05, 0.1) is 6.54 Å². The van der Waals surface area contributed by atoms with E-state index in [4.69, 9.17) is 0 Å². The predicted molar refractivity (Wildman–Crippen MR) is 63.9 cm³/mol. The van der Waals surface area contributed by atoms with E-state index in [0.717, 1.165) is 26.2 Å². The number of hydrogen-bond acceptors (Lipinski definition) is 3. The maximum absolute atomic E-state index is 11.3. The quantitative estimate of drug-likeness (QED) is 0.617. The fraction of sp³-hybridized carbons (Fsp3) is 0.909. The van der Waals surface area contributed by atoms with E-state index < -0.39 is 0 Å². The Bertz CT molecular complexity index is 167. The minimum Gasteiger partial charge on any atom is -0.354 e. The van der Waals surface area contributed by atoms with Gasteiger partial charge in [0.15, 0.2) is 0 Å². The number of hydrogen-bond donors (Lipinski definition) is 2. The zero-order chi connectivity index (χ0) is 11.7. The van der Waals surface area contributed by atoms with Crippen LogP contribution in [0.2, 0.25) is 0 Å². The lowest BCUT2D eigenvalue weighted by atomic mass is 10.4. The van der Waals surface area contributed by atoms with Crippen LogP contribution in [-0.2, 0) is 4.79 Å². The van der Waals surface area contributed by atoms with Gasteiger partial charge in [0.25, 0.3) is 0 Å². The number of carbonyl (C=O) groups excluding carboxylic acids is 1. The van der Waals surface area contributed by atoms with Crippen molar-refractivity contribution in [3.63, 3.8) is 0 Å². The van der Waals surface area contributed by atoms with Gasteiger partial charge >= 0.3 is 0 Å². The molecule has 0 aromatic heterocycles. The second kappa shape index (κ2) is 8.68. The van der Waals surface area contributed by atoms with Crippen molar-refractivity contribution >= 4 is 5.91 Å². The first-order chi connectivity index (χ1) is 7.10. The summed E-state index contributed by atoms with van der Waals surface area (Å²) in [7, 11) is 0. The standard InChI is InChI=1S/C11H25N3O/c1-5-14(6-2)8-7-12-11(15)9-13-10(3)4/h10,13H,5-9H2,1-4H3,(H,12,15). The zero-order valence-electron chi connectivity index (χ0n) is 10.5. The lowest BCUT2D eigenvalue weighted by Gasteiger charge is -2.18. The number of amides is 1. The van der Waals surface area contributed by atoms with Crippen LogP contribution in [-0.4, -0.2) is 49.6 Å². The molecule has 0 spiro atoms. The molecule has 0 bridgehead atoms. The van der Waals surface area contributed by atoms with Gasteiger partial charge in [-0.2, -0.15) is 0 Å². The van der Waals surface area contributed by atoms with Gasteiger partial charge in [0.2, 0.25) is 5.91 Å². The number of likely N-dealkylation sites (N-methyl/N-ethyl adjacent to an activating group) is 1. The van der Waals surface area contributed by atoms with E-state index in [-0.39, 0.29) is 5.91 Å². The van der Waals surface area contributed by atoms with E-state index in [1.807, 2.05) is 13.8 Å². The van der Waals surface area contributed by atoms with Crippen LogP contribution in [0.25, 0.3) is 0 Å². The second-order valence-electron chi connectivity index (χ2n) is 3.91. The summed E-state index contributed by atoms with van der Waals surface area (Å²) in [4.78, 5) is 13.6. The van der Waals surface area contributed by atoms with Crippen LogP contribution in [0, 0.1) is 0 Å². The molecule has 1 amide bonds. The first-order valence-electron chi connectivity index (χ1n) is 5.82. The normalized spacial score (nSPS) is 11.1. The van der Waals surface area contributed by atoms with E-state index in [2.05, 4.69) is 29.4 Å². The van der Waals surface area contributed by atoms with Crippen molar-refractivity contribution in [2.45, 2.75) is 33.7 Å². The molecule has 4 nitrogen and oxygen atoms in total. The summed E-state index contributed by atoms with van der Waals surface area (Å²) in [5, 5.41) is 5.98. The molecule has 0 aliphatic heterocycles. The second-order valence-corrected chi connectivity index (χ2v) is 3.91. The van der Waals surface area contributed by atoms with E-state index in [1.54, 1.807) is 0 Å². The average molecular weight is 215 g/mol. The Morgan fingerprint density at radius 2 is 1.87 bits per heavy atom. The first kappa shape index (κ1) is 14.4. The molecule has 0 unspecified atom stereocenters. The summed E-state index contributed by atoms with van der Waals surface area (Å²) in [6.45, 7) is 12.5. The van der Waals surface area contributed by atoms with Crippen LogP contribution in [0.1, 0.15) is 27.7 Å². The van der Waals surface area contributed by atoms with Crippen molar-refractivity contribution < 1.29 is 4.79 Å².